The fourth-order valence-electron chi connectivity index (χ4n) is 1.69. The molecule has 2 aromatic rings. The fourth-order valence-corrected chi connectivity index (χ4v) is 2.67. The third-order valence-corrected chi connectivity index (χ3v) is 3.63. The number of nitriles is 1. The summed E-state index contributed by atoms with van der Waals surface area (Å²) in [5.41, 5.74) is 0. The number of fused-ring (bicyclic) bond motifs is 1. The van der Waals surface area contributed by atoms with Crippen LogP contribution in [-0.2, 0) is 6.42 Å². The molecule has 1 unspecified atom stereocenters. The summed E-state index contributed by atoms with van der Waals surface area (Å²) in [6.07, 6.45) is -0.0928. The van der Waals surface area contributed by atoms with Crippen molar-refractivity contribution in [2.45, 2.75) is 17.4 Å². The molecule has 1 aliphatic heterocycles. The fraction of sp³-hybridized carbons (Fsp3) is 0.250. The molecule has 0 bridgehead atoms. The maximum absolute atomic E-state index is 8.56. The third-order valence-electron chi connectivity index (χ3n) is 2.51. The molecule has 2 heterocycles. The van der Waals surface area contributed by atoms with Crippen LogP contribution in [0.15, 0.2) is 33.7 Å². The van der Waals surface area contributed by atoms with Gasteiger partial charge in [0, 0.05) is 10.6 Å². The number of hydrogen-bond acceptors (Lipinski definition) is 6. The molecule has 18 heavy (non-hydrogen) atoms. The first-order chi connectivity index (χ1) is 8.86. The largest absolute Gasteiger partial charge is 0.480 e. The molecule has 0 amide bonds. The Morgan fingerprint density at radius 3 is 3.22 bits per heavy atom. The average Bonchev–Trinajstić information content (AvgIpc) is 2.87. The second kappa shape index (κ2) is 4.70. The summed E-state index contributed by atoms with van der Waals surface area (Å²) < 4.78 is 10.8. The summed E-state index contributed by atoms with van der Waals surface area (Å²) >= 11 is 1.70. The van der Waals surface area contributed by atoms with Gasteiger partial charge in [-0.2, -0.15) is 10.2 Å². The summed E-state index contributed by atoms with van der Waals surface area (Å²) in [6, 6.07) is 9.83. The van der Waals surface area contributed by atoms with Gasteiger partial charge in [0.05, 0.1) is 6.07 Å². The van der Waals surface area contributed by atoms with Crippen LogP contribution in [0.1, 0.15) is 17.8 Å². The highest BCUT2D eigenvalue weighted by molar-refractivity contribution is 7.99. The van der Waals surface area contributed by atoms with Gasteiger partial charge in [0.1, 0.15) is 12.2 Å². The number of hydrogen-bond donors (Lipinski definition) is 0. The van der Waals surface area contributed by atoms with Crippen LogP contribution in [-0.4, -0.2) is 15.9 Å². The molecule has 1 atom stereocenters. The van der Waals surface area contributed by atoms with Crippen LogP contribution in [0.25, 0.3) is 0 Å². The maximum Gasteiger partial charge on any atom is 0.240 e. The zero-order valence-corrected chi connectivity index (χ0v) is 10.2. The van der Waals surface area contributed by atoms with E-state index in [1.807, 2.05) is 30.3 Å². The second-order valence-corrected chi connectivity index (χ2v) is 4.81. The zero-order chi connectivity index (χ0) is 12.4. The van der Waals surface area contributed by atoms with Crippen molar-refractivity contribution < 1.29 is 9.26 Å². The van der Waals surface area contributed by atoms with Crippen LogP contribution in [0.4, 0.5) is 0 Å². The van der Waals surface area contributed by atoms with Crippen LogP contribution in [0, 0.1) is 11.3 Å². The summed E-state index contributed by atoms with van der Waals surface area (Å²) in [4.78, 5) is 5.28. The minimum atomic E-state index is -0.221. The number of para-hydroxylation sites is 1. The smallest absolute Gasteiger partial charge is 0.240 e. The first-order valence-electron chi connectivity index (χ1n) is 5.45. The Hall–Kier alpha value is -2.00. The van der Waals surface area contributed by atoms with E-state index in [0.29, 0.717) is 11.7 Å². The Balaban J connectivity index is 1.81. The minimum absolute atomic E-state index is 0.128. The van der Waals surface area contributed by atoms with E-state index in [1.165, 1.54) is 0 Å². The highest BCUT2D eigenvalue weighted by atomic mass is 32.2. The molecular formula is C12H9N3O2S. The number of rotatable bonds is 2. The van der Waals surface area contributed by atoms with E-state index in [-0.39, 0.29) is 12.5 Å². The Morgan fingerprint density at radius 2 is 2.33 bits per heavy atom. The zero-order valence-electron chi connectivity index (χ0n) is 9.37. The van der Waals surface area contributed by atoms with Crippen LogP contribution < -0.4 is 4.74 Å². The van der Waals surface area contributed by atoms with Crippen molar-refractivity contribution in [2.75, 3.05) is 5.75 Å². The molecule has 0 radical (unpaired) electrons. The lowest BCUT2D eigenvalue weighted by Crippen LogP contribution is -2.16. The van der Waals surface area contributed by atoms with E-state index in [9.17, 15) is 0 Å². The van der Waals surface area contributed by atoms with E-state index in [0.717, 1.165) is 16.4 Å². The van der Waals surface area contributed by atoms with Crippen molar-refractivity contribution in [1.29, 1.82) is 5.26 Å². The lowest BCUT2D eigenvalue weighted by atomic mass is 10.3. The second-order valence-electron chi connectivity index (χ2n) is 3.75. The topological polar surface area (TPSA) is 71.9 Å². The number of nitrogens with zero attached hydrogens (tertiary/aromatic N) is 3. The summed E-state index contributed by atoms with van der Waals surface area (Å²) in [6.45, 7) is 0. The molecule has 1 aromatic heterocycles. The first kappa shape index (κ1) is 11.1. The summed E-state index contributed by atoms with van der Waals surface area (Å²) in [5, 5.41) is 12.4. The standard InChI is InChI=1S/C12H9N3O2S/c13-6-5-11-14-12(15-17-11)9-7-18-10-4-2-1-3-8(10)16-9/h1-4,9H,5,7H2. The van der Waals surface area contributed by atoms with Gasteiger partial charge in [0.2, 0.25) is 11.7 Å². The first-order valence-corrected chi connectivity index (χ1v) is 6.43. The van der Waals surface area contributed by atoms with Crippen molar-refractivity contribution in [2.24, 2.45) is 0 Å². The van der Waals surface area contributed by atoms with Crippen molar-refractivity contribution in [3.8, 4) is 11.8 Å². The SMILES string of the molecule is N#CCc1nc(C2CSc3ccccc3O2)no1. The van der Waals surface area contributed by atoms with Gasteiger partial charge in [-0.25, -0.2) is 0 Å². The van der Waals surface area contributed by atoms with E-state index in [4.69, 9.17) is 14.5 Å². The Kier molecular flexibility index (Phi) is 2.90. The minimum Gasteiger partial charge on any atom is -0.480 e. The highest BCUT2D eigenvalue weighted by Gasteiger charge is 2.25. The summed E-state index contributed by atoms with van der Waals surface area (Å²) in [5.74, 6) is 2.41. The lowest BCUT2D eigenvalue weighted by molar-refractivity contribution is 0.205. The molecule has 3 rings (SSSR count). The molecule has 6 heteroatoms. The summed E-state index contributed by atoms with van der Waals surface area (Å²) in [7, 11) is 0. The molecule has 90 valence electrons. The number of ether oxygens (including phenoxy) is 1. The molecule has 0 aliphatic carbocycles. The van der Waals surface area contributed by atoms with Crippen LogP contribution in [0.3, 0.4) is 0 Å². The molecular weight excluding hydrogens is 250 g/mol. The van der Waals surface area contributed by atoms with Crippen molar-refractivity contribution in [3.63, 3.8) is 0 Å². The lowest BCUT2D eigenvalue weighted by Gasteiger charge is -2.22. The van der Waals surface area contributed by atoms with Gasteiger partial charge >= 0.3 is 0 Å². The van der Waals surface area contributed by atoms with Gasteiger partial charge in [-0.3, -0.25) is 0 Å². The molecule has 0 spiro atoms. The van der Waals surface area contributed by atoms with Gasteiger partial charge in [0.25, 0.3) is 0 Å². The third kappa shape index (κ3) is 2.05. The normalized spacial score (nSPS) is 17.6. The highest BCUT2D eigenvalue weighted by Crippen LogP contribution is 2.39. The van der Waals surface area contributed by atoms with Crippen molar-refractivity contribution in [1.82, 2.24) is 10.1 Å². The molecule has 0 saturated carbocycles. The van der Waals surface area contributed by atoms with Gasteiger partial charge in [0.15, 0.2) is 6.10 Å². The van der Waals surface area contributed by atoms with Crippen molar-refractivity contribution >= 4 is 11.8 Å². The number of aromatic nitrogens is 2. The van der Waals surface area contributed by atoms with E-state index in [1.54, 1.807) is 11.8 Å². The van der Waals surface area contributed by atoms with Gasteiger partial charge in [-0.1, -0.05) is 17.3 Å². The Morgan fingerprint density at radius 1 is 1.44 bits per heavy atom. The number of benzene rings is 1. The Labute approximate surface area is 108 Å². The molecule has 5 nitrogen and oxygen atoms in total. The molecule has 0 N–H and O–H groups in total. The molecule has 1 aromatic carbocycles. The molecule has 0 saturated heterocycles. The quantitative estimate of drug-likeness (QED) is 0.824. The number of thioether (sulfide) groups is 1. The van der Waals surface area contributed by atoms with Gasteiger partial charge in [-0.05, 0) is 12.1 Å². The average molecular weight is 259 g/mol. The monoisotopic (exact) mass is 259 g/mol. The molecule has 1 aliphatic rings. The molecule has 0 fully saturated rings. The van der Waals surface area contributed by atoms with E-state index < -0.39 is 0 Å². The van der Waals surface area contributed by atoms with E-state index >= 15 is 0 Å². The van der Waals surface area contributed by atoms with Crippen LogP contribution >= 0.6 is 11.8 Å². The van der Waals surface area contributed by atoms with Crippen LogP contribution in [0.2, 0.25) is 0 Å². The predicted octanol–water partition coefficient (Wildman–Crippen LogP) is 2.36. The van der Waals surface area contributed by atoms with Crippen LogP contribution in [0.5, 0.6) is 5.75 Å². The maximum atomic E-state index is 8.56. The van der Waals surface area contributed by atoms with Crippen molar-refractivity contribution in [3.05, 3.63) is 36.0 Å². The van der Waals surface area contributed by atoms with E-state index in [2.05, 4.69) is 10.1 Å². The Bertz CT molecular complexity index is 605. The van der Waals surface area contributed by atoms with Gasteiger partial charge in [-0.15, -0.1) is 11.8 Å². The predicted molar refractivity (Wildman–Crippen MR) is 64.2 cm³/mol. The van der Waals surface area contributed by atoms with Gasteiger partial charge < -0.3 is 9.26 Å².